The predicted molar refractivity (Wildman–Crippen MR) is 87.8 cm³/mol. The Balaban J connectivity index is 2.09. The van der Waals surface area contributed by atoms with Crippen LogP contribution >= 0.6 is 0 Å². The number of carbonyl (C=O) groups excluding carboxylic acids is 1. The highest BCUT2D eigenvalue weighted by Crippen LogP contribution is 2.28. The van der Waals surface area contributed by atoms with Crippen molar-refractivity contribution in [1.29, 1.82) is 0 Å². The van der Waals surface area contributed by atoms with Crippen LogP contribution in [-0.4, -0.2) is 10.9 Å². The normalized spacial score (nSPS) is 10.8. The smallest absolute Gasteiger partial charge is 0.343 e. The molecule has 0 atom stereocenters. The highest BCUT2D eigenvalue weighted by atomic mass is 16.4. The van der Waals surface area contributed by atoms with E-state index >= 15 is 0 Å². The monoisotopic (exact) mass is 308 g/mol. The van der Waals surface area contributed by atoms with Crippen LogP contribution in [0.15, 0.2) is 57.7 Å². The Bertz CT molecular complexity index is 937. The average Bonchev–Trinajstić information content (AvgIpc) is 2.52. The number of Topliss-reactive ketones (excluding diaryl/α,β-unsaturated/α-hetero) is 1. The summed E-state index contributed by atoms with van der Waals surface area (Å²) in [4.78, 5) is 23.6. The zero-order valence-electron chi connectivity index (χ0n) is 12.7. The van der Waals surface area contributed by atoms with Crippen LogP contribution in [0, 0.1) is 0 Å². The van der Waals surface area contributed by atoms with Gasteiger partial charge < -0.3 is 9.52 Å². The van der Waals surface area contributed by atoms with Crippen LogP contribution in [-0.2, 0) is 17.6 Å². The number of benzene rings is 2. The lowest BCUT2D eigenvalue weighted by molar-refractivity contribution is -0.116. The van der Waals surface area contributed by atoms with Crippen molar-refractivity contribution in [2.45, 2.75) is 19.8 Å². The van der Waals surface area contributed by atoms with Crippen LogP contribution in [0.3, 0.4) is 0 Å². The fourth-order valence-electron chi connectivity index (χ4n) is 2.69. The Labute approximate surface area is 133 Å². The van der Waals surface area contributed by atoms with E-state index in [1.54, 1.807) is 24.3 Å². The standard InChI is InChI=1S/C19H16O4/c1-12(20)10-13-6-2-3-7-14(13)11-16-18(21)15-8-4-5-9-17(15)23-19(16)22/h2-9,21H,10-11H2,1H3. The fourth-order valence-corrected chi connectivity index (χ4v) is 2.69. The summed E-state index contributed by atoms with van der Waals surface area (Å²) in [7, 11) is 0. The van der Waals surface area contributed by atoms with E-state index in [1.807, 2.05) is 24.3 Å². The highest BCUT2D eigenvalue weighted by Gasteiger charge is 2.15. The summed E-state index contributed by atoms with van der Waals surface area (Å²) >= 11 is 0. The van der Waals surface area contributed by atoms with Crippen LogP contribution in [0.5, 0.6) is 5.75 Å². The number of fused-ring (bicyclic) bond motifs is 1. The van der Waals surface area contributed by atoms with Crippen LogP contribution in [0.4, 0.5) is 0 Å². The second-order valence-corrected chi connectivity index (χ2v) is 5.54. The summed E-state index contributed by atoms with van der Waals surface area (Å²) in [5.41, 5.74) is 1.70. The van der Waals surface area contributed by atoms with Gasteiger partial charge in [-0.1, -0.05) is 36.4 Å². The molecule has 0 bridgehead atoms. The molecule has 0 saturated carbocycles. The molecule has 0 unspecified atom stereocenters. The molecule has 3 rings (SSSR count). The molecule has 4 nitrogen and oxygen atoms in total. The Morgan fingerprint density at radius 2 is 1.70 bits per heavy atom. The van der Waals surface area contributed by atoms with Gasteiger partial charge in [-0.2, -0.15) is 0 Å². The number of ketones is 1. The summed E-state index contributed by atoms with van der Waals surface area (Å²) in [6, 6.07) is 14.3. The highest BCUT2D eigenvalue weighted by molar-refractivity contribution is 5.84. The largest absolute Gasteiger partial charge is 0.507 e. The number of hydrogen-bond donors (Lipinski definition) is 1. The van der Waals surface area contributed by atoms with E-state index in [0.29, 0.717) is 17.4 Å². The van der Waals surface area contributed by atoms with E-state index in [1.165, 1.54) is 6.92 Å². The SMILES string of the molecule is CC(=O)Cc1ccccc1Cc1c(O)c2ccccc2oc1=O. The first-order chi connectivity index (χ1) is 11.1. The van der Waals surface area contributed by atoms with E-state index in [-0.39, 0.29) is 23.5 Å². The number of hydrogen-bond acceptors (Lipinski definition) is 4. The maximum absolute atomic E-state index is 12.2. The molecule has 0 aliphatic heterocycles. The second kappa shape index (κ2) is 6.08. The first-order valence-corrected chi connectivity index (χ1v) is 7.36. The second-order valence-electron chi connectivity index (χ2n) is 5.54. The minimum Gasteiger partial charge on any atom is -0.507 e. The minimum atomic E-state index is -0.557. The summed E-state index contributed by atoms with van der Waals surface area (Å²) in [6.07, 6.45) is 0.526. The molecule has 0 spiro atoms. The lowest BCUT2D eigenvalue weighted by atomic mass is 9.96. The minimum absolute atomic E-state index is 0.0483. The molecule has 0 saturated heterocycles. The first kappa shape index (κ1) is 15.0. The van der Waals surface area contributed by atoms with E-state index in [2.05, 4.69) is 0 Å². The van der Waals surface area contributed by atoms with Gasteiger partial charge in [0.1, 0.15) is 17.1 Å². The molecule has 0 radical (unpaired) electrons. The fraction of sp³-hybridized carbons (Fsp3) is 0.158. The molecule has 1 N–H and O–H groups in total. The van der Waals surface area contributed by atoms with Crippen LogP contribution < -0.4 is 5.63 Å². The van der Waals surface area contributed by atoms with Gasteiger partial charge in [-0.15, -0.1) is 0 Å². The van der Waals surface area contributed by atoms with Gasteiger partial charge >= 0.3 is 5.63 Å². The zero-order chi connectivity index (χ0) is 16.4. The molecule has 2 aromatic carbocycles. The molecule has 4 heteroatoms. The third-order valence-corrected chi connectivity index (χ3v) is 3.80. The van der Waals surface area contributed by atoms with E-state index in [0.717, 1.165) is 11.1 Å². The van der Waals surface area contributed by atoms with Crippen molar-refractivity contribution >= 4 is 16.8 Å². The van der Waals surface area contributed by atoms with Crippen molar-refractivity contribution in [2.75, 3.05) is 0 Å². The molecule has 1 aromatic heterocycles. The molecule has 3 aromatic rings. The summed E-state index contributed by atoms with van der Waals surface area (Å²) in [6.45, 7) is 1.53. The van der Waals surface area contributed by atoms with E-state index in [9.17, 15) is 14.7 Å². The average molecular weight is 308 g/mol. The maximum atomic E-state index is 12.2. The van der Waals surface area contributed by atoms with Gasteiger partial charge in [0, 0.05) is 12.8 Å². The van der Waals surface area contributed by atoms with Crippen molar-refractivity contribution in [2.24, 2.45) is 0 Å². The van der Waals surface area contributed by atoms with Crippen LogP contribution in [0.25, 0.3) is 11.0 Å². The first-order valence-electron chi connectivity index (χ1n) is 7.36. The summed E-state index contributed by atoms with van der Waals surface area (Å²) in [5, 5.41) is 10.9. The molecular formula is C19H16O4. The predicted octanol–water partition coefficient (Wildman–Crippen LogP) is 3.22. The van der Waals surface area contributed by atoms with Crippen LogP contribution in [0.2, 0.25) is 0 Å². The maximum Gasteiger partial charge on any atom is 0.343 e. The van der Waals surface area contributed by atoms with Gasteiger partial charge in [0.15, 0.2) is 0 Å². The lowest BCUT2D eigenvalue weighted by Gasteiger charge is -2.10. The van der Waals surface area contributed by atoms with Crippen molar-refractivity contribution in [3.8, 4) is 5.75 Å². The zero-order valence-corrected chi connectivity index (χ0v) is 12.7. The molecule has 0 aliphatic rings. The van der Waals surface area contributed by atoms with Gasteiger partial charge in [0.05, 0.1) is 10.9 Å². The molecule has 0 amide bonds. The lowest BCUT2D eigenvalue weighted by Crippen LogP contribution is -2.10. The van der Waals surface area contributed by atoms with Crippen molar-refractivity contribution in [1.82, 2.24) is 0 Å². The number of rotatable bonds is 4. The van der Waals surface area contributed by atoms with Gasteiger partial charge in [-0.05, 0) is 30.2 Å². The summed E-state index contributed by atoms with van der Waals surface area (Å²) < 4.78 is 5.28. The number of carbonyl (C=O) groups is 1. The number of aromatic hydroxyl groups is 1. The molecule has 0 fully saturated rings. The molecule has 116 valence electrons. The molecule has 23 heavy (non-hydrogen) atoms. The van der Waals surface area contributed by atoms with Crippen molar-refractivity contribution in [3.05, 3.63) is 75.6 Å². The van der Waals surface area contributed by atoms with Gasteiger partial charge in [0.2, 0.25) is 0 Å². The third-order valence-electron chi connectivity index (χ3n) is 3.80. The molecule has 0 aliphatic carbocycles. The molecule has 1 heterocycles. The van der Waals surface area contributed by atoms with Gasteiger partial charge in [0.25, 0.3) is 0 Å². The molecular weight excluding hydrogens is 292 g/mol. The van der Waals surface area contributed by atoms with Crippen molar-refractivity contribution in [3.63, 3.8) is 0 Å². The van der Waals surface area contributed by atoms with Gasteiger partial charge in [-0.3, -0.25) is 4.79 Å². The van der Waals surface area contributed by atoms with Crippen molar-refractivity contribution < 1.29 is 14.3 Å². The Kier molecular flexibility index (Phi) is 3.98. The Morgan fingerprint density at radius 3 is 2.43 bits per heavy atom. The quantitative estimate of drug-likeness (QED) is 0.751. The third kappa shape index (κ3) is 3.01. The number of para-hydroxylation sites is 1. The summed E-state index contributed by atoms with van der Waals surface area (Å²) in [5.74, 6) is -0.0123. The van der Waals surface area contributed by atoms with Gasteiger partial charge in [-0.25, -0.2) is 4.79 Å². The Morgan fingerprint density at radius 1 is 1.04 bits per heavy atom. The van der Waals surface area contributed by atoms with E-state index < -0.39 is 5.63 Å². The van der Waals surface area contributed by atoms with Crippen LogP contribution in [0.1, 0.15) is 23.6 Å². The van der Waals surface area contributed by atoms with E-state index in [4.69, 9.17) is 4.42 Å². The topological polar surface area (TPSA) is 67.5 Å². The Hall–Kier alpha value is -2.88.